The number of hydrogen-bond donors (Lipinski definition) is 3. The topological polar surface area (TPSA) is 67.2 Å². The van der Waals surface area contributed by atoms with Crippen molar-refractivity contribution in [1.82, 2.24) is 5.32 Å². The predicted molar refractivity (Wildman–Crippen MR) is 81.3 cm³/mol. The van der Waals surface area contributed by atoms with E-state index in [2.05, 4.69) is 10.6 Å². The van der Waals surface area contributed by atoms with Gasteiger partial charge >= 0.3 is 6.03 Å². The Hall–Kier alpha value is -2.33. The summed E-state index contributed by atoms with van der Waals surface area (Å²) in [4.78, 5) is 11.9. The van der Waals surface area contributed by atoms with Gasteiger partial charge < -0.3 is 16.4 Å². The minimum absolute atomic E-state index is 0.0473. The molecule has 0 heterocycles. The molecule has 1 unspecified atom stereocenters. The summed E-state index contributed by atoms with van der Waals surface area (Å²) >= 11 is 0. The van der Waals surface area contributed by atoms with Crippen LogP contribution in [0.3, 0.4) is 0 Å². The normalized spacial score (nSPS) is 11.7. The van der Waals surface area contributed by atoms with Crippen molar-refractivity contribution in [2.24, 2.45) is 5.73 Å². The third kappa shape index (κ3) is 3.83. The molecular formula is C16H19N3O. The van der Waals surface area contributed by atoms with Crippen LogP contribution < -0.4 is 16.4 Å². The first-order chi connectivity index (χ1) is 9.69. The van der Waals surface area contributed by atoms with Gasteiger partial charge in [-0.05, 0) is 30.2 Å². The maximum Gasteiger partial charge on any atom is 0.319 e. The molecule has 4 N–H and O–H groups in total. The summed E-state index contributed by atoms with van der Waals surface area (Å²) in [5.41, 5.74) is 8.37. The first-order valence-electron chi connectivity index (χ1n) is 6.60. The van der Waals surface area contributed by atoms with E-state index in [4.69, 9.17) is 5.73 Å². The van der Waals surface area contributed by atoms with Gasteiger partial charge in [-0.25, -0.2) is 4.79 Å². The van der Waals surface area contributed by atoms with Crippen LogP contribution in [0.25, 0.3) is 0 Å². The van der Waals surface area contributed by atoms with Crippen LogP contribution in [-0.2, 0) is 6.54 Å². The lowest BCUT2D eigenvalue weighted by Crippen LogP contribution is -2.31. The largest absolute Gasteiger partial charge is 0.331 e. The van der Waals surface area contributed by atoms with E-state index in [0.29, 0.717) is 6.54 Å². The Bertz CT molecular complexity index is 569. The van der Waals surface area contributed by atoms with Gasteiger partial charge in [-0.1, -0.05) is 42.5 Å². The maximum absolute atomic E-state index is 11.9. The number of anilines is 1. The van der Waals surface area contributed by atoms with Gasteiger partial charge in [0.15, 0.2) is 0 Å². The van der Waals surface area contributed by atoms with Crippen molar-refractivity contribution in [1.29, 1.82) is 0 Å². The number of benzene rings is 2. The van der Waals surface area contributed by atoms with Crippen LogP contribution in [0.4, 0.5) is 10.5 Å². The van der Waals surface area contributed by atoms with Gasteiger partial charge in [-0.3, -0.25) is 0 Å². The Kier molecular flexibility index (Phi) is 4.74. The van der Waals surface area contributed by atoms with Crippen LogP contribution in [-0.4, -0.2) is 6.03 Å². The Morgan fingerprint density at radius 2 is 1.90 bits per heavy atom. The SMILES string of the molecule is CC(NC(=O)Nc1cccc(CN)c1)c1ccccc1. The minimum Gasteiger partial charge on any atom is -0.331 e. The van der Waals surface area contributed by atoms with Crippen LogP contribution in [0.1, 0.15) is 24.1 Å². The Morgan fingerprint density at radius 1 is 1.15 bits per heavy atom. The first kappa shape index (κ1) is 14.1. The molecule has 2 rings (SSSR count). The molecule has 0 aliphatic carbocycles. The van der Waals surface area contributed by atoms with E-state index in [-0.39, 0.29) is 12.1 Å². The predicted octanol–water partition coefficient (Wildman–Crippen LogP) is 3.03. The van der Waals surface area contributed by atoms with Crippen LogP contribution in [0, 0.1) is 0 Å². The highest BCUT2D eigenvalue weighted by Crippen LogP contribution is 2.13. The molecule has 0 saturated carbocycles. The fraction of sp³-hybridized carbons (Fsp3) is 0.188. The molecule has 0 spiro atoms. The molecule has 0 saturated heterocycles. The molecule has 2 aromatic carbocycles. The molecular weight excluding hydrogens is 250 g/mol. The van der Waals surface area contributed by atoms with Crippen LogP contribution in [0.15, 0.2) is 54.6 Å². The quantitative estimate of drug-likeness (QED) is 0.798. The average Bonchev–Trinajstić information content (AvgIpc) is 2.48. The summed E-state index contributed by atoms with van der Waals surface area (Å²) < 4.78 is 0. The van der Waals surface area contributed by atoms with Crippen molar-refractivity contribution >= 4 is 11.7 Å². The van der Waals surface area contributed by atoms with Gasteiger partial charge in [0.2, 0.25) is 0 Å². The number of amides is 2. The van der Waals surface area contributed by atoms with E-state index in [9.17, 15) is 4.79 Å². The minimum atomic E-state index is -0.226. The lowest BCUT2D eigenvalue weighted by Gasteiger charge is -2.15. The molecule has 0 fully saturated rings. The Labute approximate surface area is 119 Å². The van der Waals surface area contributed by atoms with E-state index in [1.54, 1.807) is 0 Å². The molecule has 0 radical (unpaired) electrons. The summed E-state index contributed by atoms with van der Waals surface area (Å²) in [6, 6.07) is 17.1. The Balaban J connectivity index is 1.95. The standard InChI is InChI=1S/C16H19N3O/c1-12(14-7-3-2-4-8-14)18-16(20)19-15-9-5-6-13(10-15)11-17/h2-10,12H,11,17H2,1H3,(H2,18,19,20). The summed E-state index contributed by atoms with van der Waals surface area (Å²) in [5.74, 6) is 0. The zero-order valence-corrected chi connectivity index (χ0v) is 11.5. The van der Waals surface area contributed by atoms with E-state index < -0.39 is 0 Å². The molecule has 0 aliphatic heterocycles. The molecule has 4 heteroatoms. The zero-order chi connectivity index (χ0) is 14.4. The van der Waals surface area contributed by atoms with E-state index in [1.165, 1.54) is 0 Å². The van der Waals surface area contributed by atoms with E-state index in [1.807, 2.05) is 61.5 Å². The van der Waals surface area contributed by atoms with Crippen LogP contribution in [0.2, 0.25) is 0 Å². The zero-order valence-electron chi connectivity index (χ0n) is 11.5. The van der Waals surface area contributed by atoms with Gasteiger partial charge in [0.05, 0.1) is 6.04 Å². The molecule has 4 nitrogen and oxygen atoms in total. The lowest BCUT2D eigenvalue weighted by atomic mass is 10.1. The van der Waals surface area contributed by atoms with Crippen molar-refractivity contribution in [3.05, 3.63) is 65.7 Å². The molecule has 1 atom stereocenters. The van der Waals surface area contributed by atoms with Gasteiger partial charge in [-0.15, -0.1) is 0 Å². The second-order valence-corrected chi connectivity index (χ2v) is 4.64. The third-order valence-electron chi connectivity index (χ3n) is 3.07. The number of nitrogens with two attached hydrogens (primary N) is 1. The highest BCUT2D eigenvalue weighted by atomic mass is 16.2. The van der Waals surface area contributed by atoms with Gasteiger partial charge in [0.25, 0.3) is 0 Å². The Morgan fingerprint density at radius 3 is 2.60 bits per heavy atom. The summed E-state index contributed by atoms with van der Waals surface area (Å²) in [7, 11) is 0. The van der Waals surface area contributed by atoms with Crippen LogP contribution in [0.5, 0.6) is 0 Å². The van der Waals surface area contributed by atoms with Gasteiger partial charge in [0.1, 0.15) is 0 Å². The monoisotopic (exact) mass is 269 g/mol. The van der Waals surface area contributed by atoms with Crippen molar-refractivity contribution in [3.63, 3.8) is 0 Å². The first-order valence-corrected chi connectivity index (χ1v) is 6.60. The van der Waals surface area contributed by atoms with Crippen molar-refractivity contribution in [2.75, 3.05) is 5.32 Å². The number of carbonyl (C=O) groups excluding carboxylic acids is 1. The van der Waals surface area contributed by atoms with Gasteiger partial charge in [0, 0.05) is 12.2 Å². The fourth-order valence-electron chi connectivity index (χ4n) is 1.96. The number of hydrogen-bond acceptors (Lipinski definition) is 2. The van der Waals surface area contributed by atoms with E-state index >= 15 is 0 Å². The highest BCUT2D eigenvalue weighted by molar-refractivity contribution is 5.89. The van der Waals surface area contributed by atoms with E-state index in [0.717, 1.165) is 16.8 Å². The molecule has 104 valence electrons. The number of urea groups is 1. The second-order valence-electron chi connectivity index (χ2n) is 4.64. The molecule has 2 aromatic rings. The summed E-state index contributed by atoms with van der Waals surface area (Å²) in [6.45, 7) is 2.41. The second kappa shape index (κ2) is 6.73. The molecule has 0 aliphatic rings. The molecule has 0 aromatic heterocycles. The highest BCUT2D eigenvalue weighted by Gasteiger charge is 2.09. The van der Waals surface area contributed by atoms with Gasteiger partial charge in [-0.2, -0.15) is 0 Å². The average molecular weight is 269 g/mol. The maximum atomic E-state index is 11.9. The summed E-state index contributed by atoms with van der Waals surface area (Å²) in [6.07, 6.45) is 0. The smallest absolute Gasteiger partial charge is 0.319 e. The van der Waals surface area contributed by atoms with Crippen molar-refractivity contribution in [3.8, 4) is 0 Å². The molecule has 2 amide bonds. The van der Waals surface area contributed by atoms with Crippen molar-refractivity contribution in [2.45, 2.75) is 19.5 Å². The van der Waals surface area contributed by atoms with Crippen molar-refractivity contribution < 1.29 is 4.79 Å². The number of rotatable bonds is 4. The fourth-order valence-corrected chi connectivity index (χ4v) is 1.96. The summed E-state index contributed by atoms with van der Waals surface area (Å²) in [5, 5.41) is 5.71. The number of carbonyl (C=O) groups is 1. The lowest BCUT2D eigenvalue weighted by molar-refractivity contribution is 0.249. The molecule has 0 bridgehead atoms. The van der Waals surface area contributed by atoms with Crippen LogP contribution >= 0.6 is 0 Å². The molecule has 20 heavy (non-hydrogen) atoms. The number of nitrogens with one attached hydrogen (secondary N) is 2. The third-order valence-corrected chi connectivity index (χ3v) is 3.07.